The Balaban J connectivity index is 2.28. The Morgan fingerprint density at radius 2 is 1.67 bits per heavy atom. The molecule has 0 amide bonds. The van der Waals surface area contributed by atoms with Gasteiger partial charge in [0.1, 0.15) is 17.9 Å². The smallest absolute Gasteiger partial charge is 0.327 e. The van der Waals surface area contributed by atoms with Crippen molar-refractivity contribution in [3.05, 3.63) is 60.2 Å². The molecule has 2 unspecified atom stereocenters. The van der Waals surface area contributed by atoms with E-state index in [1.54, 1.807) is 37.3 Å². The van der Waals surface area contributed by atoms with Gasteiger partial charge < -0.3 is 14.6 Å². The van der Waals surface area contributed by atoms with Crippen molar-refractivity contribution in [2.45, 2.75) is 30.9 Å². The predicted octanol–water partition coefficient (Wildman–Crippen LogP) is 2.03. The average Bonchev–Trinajstić information content (AvgIpc) is 2.67. The minimum atomic E-state index is -4.07. The molecule has 2 atom stereocenters. The lowest BCUT2D eigenvalue weighted by Gasteiger charge is -2.22. The van der Waals surface area contributed by atoms with Crippen molar-refractivity contribution >= 4 is 16.0 Å². The van der Waals surface area contributed by atoms with Crippen molar-refractivity contribution in [1.29, 1.82) is 0 Å². The zero-order valence-electron chi connectivity index (χ0n) is 15.2. The fourth-order valence-corrected chi connectivity index (χ4v) is 3.62. The van der Waals surface area contributed by atoms with Gasteiger partial charge in [0, 0.05) is 0 Å². The molecule has 2 N–H and O–H groups in total. The maximum atomic E-state index is 12.7. The summed E-state index contributed by atoms with van der Waals surface area (Å²) >= 11 is 0. The van der Waals surface area contributed by atoms with E-state index in [-0.39, 0.29) is 11.5 Å². The van der Waals surface area contributed by atoms with Gasteiger partial charge in [-0.1, -0.05) is 30.3 Å². The van der Waals surface area contributed by atoms with Gasteiger partial charge in [-0.15, -0.1) is 0 Å². The van der Waals surface area contributed by atoms with Crippen molar-refractivity contribution in [3.8, 4) is 5.75 Å². The molecule has 2 aromatic rings. The highest BCUT2D eigenvalue weighted by Gasteiger charge is 2.34. The van der Waals surface area contributed by atoms with E-state index in [0.717, 1.165) is 0 Å². The molecular formula is C19H23NO6S. The van der Waals surface area contributed by atoms with E-state index in [4.69, 9.17) is 9.47 Å². The number of rotatable bonds is 9. The summed E-state index contributed by atoms with van der Waals surface area (Å²) in [5.41, 5.74) is 0.393. The molecule has 7 nitrogen and oxygen atoms in total. The minimum absolute atomic E-state index is 0.0551. The van der Waals surface area contributed by atoms with Crippen LogP contribution in [-0.2, 0) is 19.6 Å². The molecule has 0 spiro atoms. The highest BCUT2D eigenvalue weighted by molar-refractivity contribution is 7.89. The summed E-state index contributed by atoms with van der Waals surface area (Å²) in [6, 6.07) is 12.6. The number of aliphatic hydroxyl groups excluding tert-OH is 1. The molecule has 0 radical (unpaired) electrons. The number of sulfonamides is 1. The van der Waals surface area contributed by atoms with Crippen LogP contribution in [0, 0.1) is 0 Å². The molecule has 0 bridgehead atoms. The number of aliphatic hydroxyl groups is 1. The highest BCUT2D eigenvalue weighted by atomic mass is 32.2. The van der Waals surface area contributed by atoms with Gasteiger partial charge in [0.05, 0.1) is 18.1 Å². The Hall–Kier alpha value is -2.42. The maximum absolute atomic E-state index is 12.7. The van der Waals surface area contributed by atoms with Crippen LogP contribution in [0.1, 0.15) is 25.5 Å². The zero-order valence-corrected chi connectivity index (χ0v) is 16.0. The number of hydrogen-bond acceptors (Lipinski definition) is 6. The molecular weight excluding hydrogens is 370 g/mol. The molecule has 0 aliphatic heterocycles. The first-order valence-corrected chi connectivity index (χ1v) is 10.0. The Morgan fingerprint density at radius 3 is 2.22 bits per heavy atom. The molecule has 0 aliphatic carbocycles. The summed E-state index contributed by atoms with van der Waals surface area (Å²) in [6.45, 7) is 3.94. The molecule has 146 valence electrons. The topological polar surface area (TPSA) is 102 Å². The van der Waals surface area contributed by atoms with Crippen molar-refractivity contribution in [2.75, 3.05) is 13.2 Å². The van der Waals surface area contributed by atoms with Crippen LogP contribution in [0.15, 0.2) is 59.5 Å². The van der Waals surface area contributed by atoms with E-state index >= 15 is 0 Å². The fraction of sp³-hybridized carbons (Fsp3) is 0.316. The van der Waals surface area contributed by atoms with Crippen LogP contribution < -0.4 is 9.46 Å². The molecule has 0 aliphatic rings. The maximum Gasteiger partial charge on any atom is 0.327 e. The number of carbonyl (C=O) groups excluding carboxylic acids is 1. The van der Waals surface area contributed by atoms with Crippen LogP contribution in [-0.4, -0.2) is 38.7 Å². The quantitative estimate of drug-likeness (QED) is 0.632. The summed E-state index contributed by atoms with van der Waals surface area (Å²) in [5, 5.41) is 10.6. The van der Waals surface area contributed by atoms with Gasteiger partial charge in [-0.05, 0) is 43.7 Å². The molecule has 0 saturated carbocycles. The molecule has 2 rings (SSSR count). The van der Waals surface area contributed by atoms with E-state index in [2.05, 4.69) is 4.72 Å². The Morgan fingerprint density at radius 1 is 1.04 bits per heavy atom. The molecule has 27 heavy (non-hydrogen) atoms. The second kappa shape index (κ2) is 9.50. The molecule has 0 aromatic heterocycles. The number of benzene rings is 2. The number of carbonyl (C=O) groups is 1. The lowest BCUT2D eigenvalue weighted by atomic mass is 10.0. The Bertz CT molecular complexity index is 836. The normalized spacial score (nSPS) is 13.6. The highest BCUT2D eigenvalue weighted by Crippen LogP contribution is 2.21. The van der Waals surface area contributed by atoms with Gasteiger partial charge in [-0.3, -0.25) is 4.79 Å². The summed E-state index contributed by atoms with van der Waals surface area (Å²) in [5.74, 6) is -0.328. The first kappa shape index (κ1) is 20.9. The van der Waals surface area contributed by atoms with Gasteiger partial charge >= 0.3 is 5.97 Å². The first-order valence-electron chi connectivity index (χ1n) is 8.54. The predicted molar refractivity (Wildman–Crippen MR) is 99.8 cm³/mol. The second-order valence-corrected chi connectivity index (χ2v) is 7.32. The van der Waals surface area contributed by atoms with Gasteiger partial charge in [0.15, 0.2) is 0 Å². The van der Waals surface area contributed by atoms with E-state index in [0.29, 0.717) is 17.9 Å². The zero-order chi connectivity index (χ0) is 19.9. The monoisotopic (exact) mass is 393 g/mol. The van der Waals surface area contributed by atoms with Crippen molar-refractivity contribution < 1.29 is 27.8 Å². The Kier molecular flexibility index (Phi) is 7.35. The number of nitrogens with one attached hydrogen (secondary N) is 1. The number of ether oxygens (including phenoxy) is 2. The van der Waals surface area contributed by atoms with Gasteiger partial charge in [0.2, 0.25) is 10.0 Å². The van der Waals surface area contributed by atoms with Gasteiger partial charge in [-0.25, -0.2) is 8.42 Å². The number of esters is 1. The molecule has 0 heterocycles. The van der Waals surface area contributed by atoms with Crippen LogP contribution in [0.5, 0.6) is 5.75 Å². The van der Waals surface area contributed by atoms with Gasteiger partial charge in [-0.2, -0.15) is 4.72 Å². The van der Waals surface area contributed by atoms with Crippen molar-refractivity contribution in [1.82, 2.24) is 4.72 Å². The van der Waals surface area contributed by atoms with Gasteiger partial charge in [0.25, 0.3) is 0 Å². The third kappa shape index (κ3) is 5.53. The summed E-state index contributed by atoms with van der Waals surface area (Å²) < 4.78 is 37.8. The third-order valence-electron chi connectivity index (χ3n) is 3.72. The standard InChI is InChI=1S/C19H23NO6S/c1-3-25-15-10-12-16(13-11-15)27(23,24)20-17(19(22)26-4-2)18(21)14-8-6-5-7-9-14/h5-13,17-18,20-21H,3-4H2,1-2H3. The van der Waals surface area contributed by atoms with E-state index in [1.807, 2.05) is 6.92 Å². The van der Waals surface area contributed by atoms with Crippen molar-refractivity contribution in [3.63, 3.8) is 0 Å². The summed E-state index contributed by atoms with van der Waals surface area (Å²) in [6.07, 6.45) is -1.40. The fourth-order valence-electron chi connectivity index (χ4n) is 2.43. The lowest BCUT2D eigenvalue weighted by Crippen LogP contribution is -2.45. The number of hydrogen-bond donors (Lipinski definition) is 2. The average molecular weight is 393 g/mol. The minimum Gasteiger partial charge on any atom is -0.494 e. The summed E-state index contributed by atoms with van der Waals surface area (Å²) in [4.78, 5) is 12.2. The second-order valence-electron chi connectivity index (χ2n) is 5.61. The molecule has 0 fully saturated rings. The van der Waals surface area contributed by atoms with Crippen molar-refractivity contribution in [2.24, 2.45) is 0 Å². The van der Waals surface area contributed by atoms with E-state index in [9.17, 15) is 18.3 Å². The summed E-state index contributed by atoms with van der Waals surface area (Å²) in [7, 11) is -4.07. The van der Waals surface area contributed by atoms with Crippen LogP contribution in [0.4, 0.5) is 0 Å². The van der Waals surface area contributed by atoms with E-state index < -0.39 is 28.1 Å². The lowest BCUT2D eigenvalue weighted by molar-refractivity contribution is -0.148. The molecule has 8 heteroatoms. The van der Waals surface area contributed by atoms with E-state index in [1.165, 1.54) is 24.3 Å². The first-order chi connectivity index (χ1) is 12.9. The molecule has 2 aromatic carbocycles. The van der Waals surface area contributed by atoms with Crippen LogP contribution in [0.3, 0.4) is 0 Å². The third-order valence-corrected chi connectivity index (χ3v) is 5.18. The molecule has 0 saturated heterocycles. The van der Waals surface area contributed by atoms with Crippen LogP contribution >= 0.6 is 0 Å². The van der Waals surface area contributed by atoms with Crippen LogP contribution in [0.25, 0.3) is 0 Å². The Labute approximate surface area is 159 Å². The van der Waals surface area contributed by atoms with Crippen LogP contribution in [0.2, 0.25) is 0 Å². The largest absolute Gasteiger partial charge is 0.494 e. The SMILES string of the molecule is CCOC(=O)C(NS(=O)(=O)c1ccc(OCC)cc1)C(O)c1ccccc1.